The van der Waals surface area contributed by atoms with E-state index >= 15 is 0 Å². The molecule has 0 saturated carbocycles. The van der Waals surface area contributed by atoms with E-state index in [2.05, 4.69) is 17.2 Å². The second-order valence-electron chi connectivity index (χ2n) is 6.81. The van der Waals surface area contributed by atoms with Crippen LogP contribution in [-0.2, 0) is 17.6 Å². The van der Waals surface area contributed by atoms with Crippen molar-refractivity contribution in [3.63, 3.8) is 0 Å². The third-order valence-electron chi connectivity index (χ3n) is 4.29. The van der Waals surface area contributed by atoms with Gasteiger partial charge in [-0.25, -0.2) is 9.78 Å². The van der Waals surface area contributed by atoms with Crippen LogP contribution >= 0.6 is 22.9 Å². The maximum atomic E-state index is 12.7. The lowest BCUT2D eigenvalue weighted by Gasteiger charge is -2.18. The number of carbonyl (C=O) groups is 2. The van der Waals surface area contributed by atoms with Gasteiger partial charge in [-0.05, 0) is 56.7 Å². The van der Waals surface area contributed by atoms with Crippen molar-refractivity contribution in [3.8, 4) is 0 Å². The number of thiophene rings is 1. The lowest BCUT2D eigenvalue weighted by molar-refractivity contribution is 0.0378. The van der Waals surface area contributed by atoms with Crippen LogP contribution in [0.2, 0.25) is 5.15 Å². The maximum absolute atomic E-state index is 12.7. The molecule has 1 atom stereocenters. The quantitative estimate of drug-likeness (QED) is 0.602. The molecule has 0 saturated heterocycles. The molecule has 7 heteroatoms. The molecule has 1 N–H and O–H groups in total. The second kappa shape index (κ2) is 7.76. The summed E-state index contributed by atoms with van der Waals surface area (Å²) in [5.41, 5.74) is 1.77. The van der Waals surface area contributed by atoms with E-state index < -0.39 is 0 Å². The number of esters is 1. The molecule has 3 rings (SSSR count). The average molecular weight is 393 g/mol. The van der Waals surface area contributed by atoms with Crippen molar-refractivity contribution in [1.29, 1.82) is 0 Å². The van der Waals surface area contributed by atoms with Crippen LogP contribution in [0.1, 0.15) is 58.3 Å². The molecule has 1 aliphatic rings. The van der Waals surface area contributed by atoms with Crippen molar-refractivity contribution < 1.29 is 14.3 Å². The molecule has 5 nitrogen and oxygen atoms in total. The fourth-order valence-corrected chi connectivity index (χ4v) is 4.65. The SMILES string of the molecule is CC1CCc2c(sc(NC(=O)c3cccnc3Cl)c2C(=O)OC(C)C)C1. The molecule has 2 aromatic heterocycles. The first-order valence-corrected chi connectivity index (χ1v) is 9.83. The maximum Gasteiger partial charge on any atom is 0.341 e. The van der Waals surface area contributed by atoms with E-state index in [-0.39, 0.29) is 28.7 Å². The highest BCUT2D eigenvalue weighted by molar-refractivity contribution is 7.17. The molecular formula is C19H21ClN2O3S. The molecule has 26 heavy (non-hydrogen) atoms. The number of amides is 1. The van der Waals surface area contributed by atoms with Gasteiger partial charge in [0.1, 0.15) is 10.2 Å². The zero-order chi connectivity index (χ0) is 18.8. The number of carbonyl (C=O) groups excluding carboxylic acids is 2. The molecular weight excluding hydrogens is 372 g/mol. The van der Waals surface area contributed by atoms with Gasteiger partial charge in [0.25, 0.3) is 5.91 Å². The number of ether oxygens (including phenoxy) is 1. The van der Waals surface area contributed by atoms with Crippen LogP contribution < -0.4 is 5.32 Å². The summed E-state index contributed by atoms with van der Waals surface area (Å²) in [7, 11) is 0. The van der Waals surface area contributed by atoms with Gasteiger partial charge in [0.05, 0.1) is 17.2 Å². The van der Waals surface area contributed by atoms with Crippen molar-refractivity contribution in [2.24, 2.45) is 5.92 Å². The summed E-state index contributed by atoms with van der Waals surface area (Å²) < 4.78 is 5.42. The van der Waals surface area contributed by atoms with Gasteiger partial charge in [-0.15, -0.1) is 11.3 Å². The Morgan fingerprint density at radius 3 is 2.88 bits per heavy atom. The van der Waals surface area contributed by atoms with Crippen molar-refractivity contribution >= 4 is 39.8 Å². The second-order valence-corrected chi connectivity index (χ2v) is 8.27. The Morgan fingerprint density at radius 2 is 2.19 bits per heavy atom. The molecule has 1 amide bonds. The van der Waals surface area contributed by atoms with Gasteiger partial charge in [0.2, 0.25) is 0 Å². The smallest absolute Gasteiger partial charge is 0.341 e. The highest BCUT2D eigenvalue weighted by Crippen LogP contribution is 2.40. The van der Waals surface area contributed by atoms with Crippen molar-refractivity contribution in [2.75, 3.05) is 5.32 Å². The Labute approximate surface area is 161 Å². The van der Waals surface area contributed by atoms with Gasteiger partial charge in [0, 0.05) is 11.1 Å². The van der Waals surface area contributed by atoms with Gasteiger partial charge < -0.3 is 10.1 Å². The van der Waals surface area contributed by atoms with Gasteiger partial charge in [-0.1, -0.05) is 18.5 Å². The number of nitrogens with zero attached hydrogens (tertiary/aromatic N) is 1. The molecule has 0 spiro atoms. The van der Waals surface area contributed by atoms with Crippen molar-refractivity contribution in [3.05, 3.63) is 45.1 Å². The summed E-state index contributed by atoms with van der Waals surface area (Å²) in [6, 6.07) is 3.25. The fraction of sp³-hybridized carbons (Fsp3) is 0.421. The first kappa shape index (κ1) is 18.9. The lowest BCUT2D eigenvalue weighted by Crippen LogP contribution is -2.19. The predicted molar refractivity (Wildman–Crippen MR) is 103 cm³/mol. The van der Waals surface area contributed by atoms with E-state index in [1.165, 1.54) is 17.5 Å². The van der Waals surface area contributed by atoms with Crippen molar-refractivity contribution in [2.45, 2.75) is 46.1 Å². The molecule has 0 fully saturated rings. The third kappa shape index (κ3) is 3.91. The number of hydrogen-bond donors (Lipinski definition) is 1. The number of halogens is 1. The molecule has 0 aromatic carbocycles. The number of hydrogen-bond acceptors (Lipinski definition) is 5. The number of rotatable bonds is 4. The zero-order valence-electron chi connectivity index (χ0n) is 15.0. The Balaban J connectivity index is 1.96. The van der Waals surface area contributed by atoms with Crippen LogP contribution in [0, 0.1) is 5.92 Å². The molecule has 0 radical (unpaired) electrons. The van der Waals surface area contributed by atoms with E-state index in [0.29, 0.717) is 16.5 Å². The summed E-state index contributed by atoms with van der Waals surface area (Å²) in [5.74, 6) is -0.209. The highest BCUT2D eigenvalue weighted by Gasteiger charge is 2.30. The van der Waals surface area contributed by atoms with Gasteiger partial charge >= 0.3 is 5.97 Å². The Hall–Kier alpha value is -1.92. The Bertz CT molecular complexity index is 847. The van der Waals surface area contributed by atoms with Crippen LogP contribution in [-0.4, -0.2) is 23.0 Å². The summed E-state index contributed by atoms with van der Waals surface area (Å²) in [6.07, 6.45) is 4.05. The molecule has 2 heterocycles. The Morgan fingerprint density at radius 1 is 1.42 bits per heavy atom. The zero-order valence-corrected chi connectivity index (χ0v) is 16.5. The van der Waals surface area contributed by atoms with E-state index in [9.17, 15) is 9.59 Å². The molecule has 0 aliphatic heterocycles. The van der Waals surface area contributed by atoms with E-state index in [0.717, 1.165) is 29.7 Å². The largest absolute Gasteiger partial charge is 0.459 e. The summed E-state index contributed by atoms with van der Waals surface area (Å²) in [4.78, 5) is 30.4. The molecule has 1 aliphatic carbocycles. The average Bonchev–Trinajstić information content (AvgIpc) is 2.91. The van der Waals surface area contributed by atoms with E-state index in [4.69, 9.17) is 16.3 Å². The predicted octanol–water partition coefficient (Wildman–Crippen LogP) is 4.74. The van der Waals surface area contributed by atoms with E-state index in [1.807, 2.05) is 13.8 Å². The first-order valence-electron chi connectivity index (χ1n) is 8.64. The van der Waals surface area contributed by atoms with Crippen molar-refractivity contribution in [1.82, 2.24) is 4.98 Å². The molecule has 1 unspecified atom stereocenters. The number of pyridine rings is 1. The molecule has 138 valence electrons. The van der Waals surface area contributed by atoms with Crippen LogP contribution in [0.15, 0.2) is 18.3 Å². The van der Waals surface area contributed by atoms with Crippen LogP contribution in [0.5, 0.6) is 0 Å². The lowest BCUT2D eigenvalue weighted by atomic mass is 9.88. The first-order chi connectivity index (χ1) is 12.4. The van der Waals surface area contributed by atoms with Crippen LogP contribution in [0.3, 0.4) is 0 Å². The molecule has 2 aromatic rings. The summed E-state index contributed by atoms with van der Waals surface area (Å²) in [5, 5.41) is 3.51. The molecule has 0 bridgehead atoms. The number of aromatic nitrogens is 1. The van der Waals surface area contributed by atoms with Gasteiger partial charge in [-0.3, -0.25) is 4.79 Å². The number of fused-ring (bicyclic) bond motifs is 1. The monoisotopic (exact) mass is 392 g/mol. The minimum Gasteiger partial charge on any atom is -0.459 e. The topological polar surface area (TPSA) is 68.3 Å². The van der Waals surface area contributed by atoms with Gasteiger partial charge in [-0.2, -0.15) is 0 Å². The number of nitrogens with one attached hydrogen (secondary N) is 1. The van der Waals surface area contributed by atoms with Crippen LogP contribution in [0.25, 0.3) is 0 Å². The minimum absolute atomic E-state index is 0.131. The minimum atomic E-state index is -0.389. The van der Waals surface area contributed by atoms with Crippen LogP contribution in [0.4, 0.5) is 5.00 Å². The van der Waals surface area contributed by atoms with E-state index in [1.54, 1.807) is 12.1 Å². The third-order valence-corrected chi connectivity index (χ3v) is 5.76. The fourth-order valence-electron chi connectivity index (χ4n) is 3.05. The number of anilines is 1. The summed E-state index contributed by atoms with van der Waals surface area (Å²) in [6.45, 7) is 5.82. The normalized spacial score (nSPS) is 16.3. The van der Waals surface area contributed by atoms with Gasteiger partial charge in [0.15, 0.2) is 0 Å². The Kier molecular flexibility index (Phi) is 5.63. The summed E-state index contributed by atoms with van der Waals surface area (Å²) >= 11 is 7.47. The standard InChI is InChI=1S/C19H21ClN2O3S/c1-10(2)25-19(24)15-12-7-6-11(3)9-14(12)26-18(15)22-17(23)13-5-4-8-21-16(13)20/h4-5,8,10-11H,6-7,9H2,1-3H3,(H,22,23). The highest BCUT2D eigenvalue weighted by atomic mass is 35.5.